The van der Waals surface area contributed by atoms with Gasteiger partial charge in [-0.05, 0) is 56.7 Å². The first kappa shape index (κ1) is 40.2. The topological polar surface area (TPSA) is 180 Å². The SMILES string of the molecule is CC[C@H](C)[C@H](NC(=O)C1CCCCN1C)C(=O)N[C@H](C[C@@H](OC(C)=O)c1nc(C(=O)N[C@@H](Cc2ccccc2)C[C@H](C)C(=O)O)co1)C(C)C. The summed E-state index contributed by atoms with van der Waals surface area (Å²) in [5, 5.41) is 18.5. The number of nitrogens with one attached hydrogen (secondary N) is 3. The third-order valence-corrected chi connectivity index (χ3v) is 9.52. The van der Waals surface area contributed by atoms with Gasteiger partial charge in [0.25, 0.3) is 5.91 Å². The van der Waals surface area contributed by atoms with Crippen LogP contribution in [-0.2, 0) is 30.3 Å². The van der Waals surface area contributed by atoms with Crippen LogP contribution in [0.5, 0.6) is 0 Å². The fourth-order valence-electron chi connectivity index (χ4n) is 6.18. The van der Waals surface area contributed by atoms with Crippen LogP contribution in [-0.4, -0.2) is 82.4 Å². The van der Waals surface area contributed by atoms with Crippen molar-refractivity contribution in [1.29, 1.82) is 0 Å². The van der Waals surface area contributed by atoms with Crippen molar-refractivity contribution in [1.82, 2.24) is 25.8 Å². The van der Waals surface area contributed by atoms with E-state index >= 15 is 0 Å². The number of hydrogen-bond acceptors (Lipinski definition) is 9. The molecule has 0 spiro atoms. The number of nitrogens with zero attached hydrogens (tertiary/aromatic N) is 2. The second-order valence-electron chi connectivity index (χ2n) is 14.0. The zero-order valence-electron chi connectivity index (χ0n) is 30.4. The molecule has 50 heavy (non-hydrogen) atoms. The first-order chi connectivity index (χ1) is 23.7. The van der Waals surface area contributed by atoms with E-state index in [1.54, 1.807) is 6.92 Å². The molecule has 4 N–H and O–H groups in total. The van der Waals surface area contributed by atoms with Gasteiger partial charge in [-0.3, -0.25) is 28.9 Å². The molecule has 3 rings (SSSR count). The summed E-state index contributed by atoms with van der Waals surface area (Å²) in [6.45, 7) is 11.4. The van der Waals surface area contributed by atoms with Crippen molar-refractivity contribution in [2.75, 3.05) is 13.6 Å². The third kappa shape index (κ3) is 12.0. The summed E-state index contributed by atoms with van der Waals surface area (Å²) in [7, 11) is 1.92. The lowest BCUT2D eigenvalue weighted by molar-refractivity contribution is -0.149. The molecule has 1 unspecified atom stereocenters. The van der Waals surface area contributed by atoms with Crippen molar-refractivity contribution in [2.24, 2.45) is 17.8 Å². The van der Waals surface area contributed by atoms with E-state index in [2.05, 4.69) is 20.9 Å². The van der Waals surface area contributed by atoms with Crippen molar-refractivity contribution < 1.29 is 38.2 Å². The minimum absolute atomic E-state index is 0.0177. The number of aromatic nitrogens is 1. The molecule has 276 valence electrons. The van der Waals surface area contributed by atoms with Gasteiger partial charge in [0.05, 0.1) is 12.0 Å². The van der Waals surface area contributed by atoms with Crippen molar-refractivity contribution in [3.05, 3.63) is 53.7 Å². The molecule has 1 saturated heterocycles. The number of ether oxygens (including phenoxy) is 1. The van der Waals surface area contributed by atoms with E-state index in [0.717, 1.165) is 31.4 Å². The molecule has 1 aromatic carbocycles. The highest BCUT2D eigenvalue weighted by atomic mass is 16.6. The lowest BCUT2D eigenvalue weighted by Gasteiger charge is -2.34. The molecule has 2 heterocycles. The van der Waals surface area contributed by atoms with Crippen LogP contribution in [0.2, 0.25) is 0 Å². The summed E-state index contributed by atoms with van der Waals surface area (Å²) in [6.07, 6.45) is 4.25. The molecule has 1 aliphatic heterocycles. The van der Waals surface area contributed by atoms with Gasteiger partial charge >= 0.3 is 11.9 Å². The Kier molecular flexibility index (Phi) is 15.4. The molecule has 2 aromatic rings. The fraction of sp³-hybridized carbons (Fsp3) is 0.622. The molecule has 0 radical (unpaired) electrons. The summed E-state index contributed by atoms with van der Waals surface area (Å²) < 4.78 is 11.3. The Labute approximate surface area is 295 Å². The normalized spacial score (nSPS) is 18.6. The first-order valence-electron chi connectivity index (χ1n) is 17.7. The average Bonchev–Trinajstić information content (AvgIpc) is 3.57. The van der Waals surface area contributed by atoms with E-state index in [4.69, 9.17) is 9.15 Å². The molecule has 13 nitrogen and oxygen atoms in total. The number of oxazole rings is 1. The van der Waals surface area contributed by atoms with Gasteiger partial charge in [0.1, 0.15) is 12.3 Å². The predicted molar refractivity (Wildman–Crippen MR) is 187 cm³/mol. The van der Waals surface area contributed by atoms with Crippen molar-refractivity contribution in [3.8, 4) is 0 Å². The molecule has 1 aromatic heterocycles. The summed E-state index contributed by atoms with van der Waals surface area (Å²) in [6, 6.07) is 7.37. The lowest BCUT2D eigenvalue weighted by atomic mass is 9.93. The van der Waals surface area contributed by atoms with E-state index in [1.807, 2.05) is 70.0 Å². The van der Waals surface area contributed by atoms with Gasteiger partial charge in [-0.25, -0.2) is 4.98 Å². The van der Waals surface area contributed by atoms with Crippen LogP contribution >= 0.6 is 0 Å². The molecule has 13 heteroatoms. The number of carbonyl (C=O) groups excluding carboxylic acids is 4. The number of aliphatic carboxylic acids is 1. The van der Waals surface area contributed by atoms with Crippen LogP contribution in [0, 0.1) is 17.8 Å². The predicted octanol–water partition coefficient (Wildman–Crippen LogP) is 4.28. The van der Waals surface area contributed by atoms with Crippen LogP contribution in [0.3, 0.4) is 0 Å². The monoisotopic (exact) mass is 697 g/mol. The molecule has 3 amide bonds. The minimum Gasteiger partial charge on any atom is -0.481 e. The zero-order chi connectivity index (χ0) is 37.0. The van der Waals surface area contributed by atoms with Gasteiger partial charge < -0.3 is 30.2 Å². The van der Waals surface area contributed by atoms with Crippen LogP contribution in [0.4, 0.5) is 0 Å². The van der Waals surface area contributed by atoms with Crippen molar-refractivity contribution >= 4 is 29.7 Å². The highest BCUT2D eigenvalue weighted by Crippen LogP contribution is 2.26. The summed E-state index contributed by atoms with van der Waals surface area (Å²) >= 11 is 0. The van der Waals surface area contributed by atoms with Crippen molar-refractivity contribution in [2.45, 2.75) is 117 Å². The number of carboxylic acid groups (broad SMARTS) is 1. The van der Waals surface area contributed by atoms with Gasteiger partial charge in [0, 0.05) is 25.4 Å². The van der Waals surface area contributed by atoms with Gasteiger partial charge in [0.15, 0.2) is 11.8 Å². The third-order valence-electron chi connectivity index (χ3n) is 9.52. The highest BCUT2D eigenvalue weighted by Gasteiger charge is 2.35. The number of rotatable bonds is 18. The molecule has 1 fully saturated rings. The molecule has 0 saturated carbocycles. The molecular weight excluding hydrogens is 642 g/mol. The number of carboxylic acids is 1. The smallest absolute Gasteiger partial charge is 0.306 e. The maximum Gasteiger partial charge on any atom is 0.306 e. The van der Waals surface area contributed by atoms with E-state index in [9.17, 15) is 29.1 Å². The number of carbonyl (C=O) groups is 5. The second-order valence-corrected chi connectivity index (χ2v) is 14.0. The Hall–Kier alpha value is -4.26. The van der Waals surface area contributed by atoms with Crippen LogP contribution in [0.1, 0.15) is 108 Å². The quantitative estimate of drug-likeness (QED) is 0.164. The van der Waals surface area contributed by atoms with E-state index in [1.165, 1.54) is 13.2 Å². The van der Waals surface area contributed by atoms with Gasteiger partial charge in [0.2, 0.25) is 17.7 Å². The number of likely N-dealkylation sites (tertiary alicyclic amines) is 1. The molecule has 1 aliphatic rings. The zero-order valence-corrected chi connectivity index (χ0v) is 30.4. The summed E-state index contributed by atoms with van der Waals surface area (Å²) in [5.74, 6) is -3.59. The van der Waals surface area contributed by atoms with Crippen LogP contribution in [0.25, 0.3) is 0 Å². The Bertz CT molecular complexity index is 1430. The fourth-order valence-corrected chi connectivity index (χ4v) is 6.18. The maximum atomic E-state index is 13.8. The maximum absolute atomic E-state index is 13.8. The van der Waals surface area contributed by atoms with Crippen molar-refractivity contribution in [3.63, 3.8) is 0 Å². The van der Waals surface area contributed by atoms with Crippen LogP contribution in [0.15, 0.2) is 41.0 Å². The lowest BCUT2D eigenvalue weighted by Crippen LogP contribution is -2.57. The number of hydrogen-bond donors (Lipinski definition) is 4. The number of benzene rings is 1. The van der Waals surface area contributed by atoms with E-state index in [0.29, 0.717) is 12.8 Å². The van der Waals surface area contributed by atoms with E-state index in [-0.39, 0.29) is 54.1 Å². The molecule has 0 aliphatic carbocycles. The Morgan fingerprint density at radius 1 is 1.02 bits per heavy atom. The van der Waals surface area contributed by atoms with Gasteiger partial charge in [-0.1, -0.05) is 77.8 Å². The first-order valence-corrected chi connectivity index (χ1v) is 17.7. The Morgan fingerprint density at radius 3 is 2.32 bits per heavy atom. The van der Waals surface area contributed by atoms with E-state index < -0.39 is 48.0 Å². The Balaban J connectivity index is 1.76. The van der Waals surface area contributed by atoms with Gasteiger partial charge in [-0.15, -0.1) is 0 Å². The number of esters is 1. The number of piperidine rings is 1. The highest BCUT2D eigenvalue weighted by molar-refractivity contribution is 5.92. The molecular formula is C37H55N5O8. The summed E-state index contributed by atoms with van der Waals surface area (Å²) in [4.78, 5) is 70.6. The largest absolute Gasteiger partial charge is 0.481 e. The number of amides is 3. The summed E-state index contributed by atoms with van der Waals surface area (Å²) in [5.41, 5.74) is 0.875. The molecule has 7 atom stereocenters. The van der Waals surface area contributed by atoms with Crippen LogP contribution < -0.4 is 16.0 Å². The second kappa shape index (κ2) is 19.2. The molecule has 0 bridgehead atoms. The minimum atomic E-state index is -1.03. The number of likely N-dealkylation sites (N-methyl/N-ethyl adjacent to an activating group) is 1. The standard InChI is InChI=1S/C37H55N5O8/c1-8-23(4)32(41-34(45)30-16-12-13-17-42(30)7)35(46)39-28(22(2)3)20-31(50-25(6)43)36-40-29(21-49-36)33(44)38-27(18-24(5)37(47)48)19-26-14-10-9-11-15-26/h9-11,14-15,21-24,27-28,30-32H,8,12-13,16-20H2,1-7H3,(H,38,44)(H,39,46)(H,41,45)(H,47,48)/t23-,24-,27+,28+,30?,31+,32-/m0/s1. The van der Waals surface area contributed by atoms with Gasteiger partial charge in [-0.2, -0.15) is 0 Å². The average molecular weight is 698 g/mol. The Morgan fingerprint density at radius 2 is 1.72 bits per heavy atom.